The molecule has 2 rings (SSSR count). The lowest BCUT2D eigenvalue weighted by Crippen LogP contribution is -2.32. The summed E-state index contributed by atoms with van der Waals surface area (Å²) in [5, 5.41) is 11.8. The number of aliphatic carboxylic acids is 1. The highest BCUT2D eigenvalue weighted by Crippen LogP contribution is 2.24. The molecular formula is C16H20FNO4. The molecule has 1 fully saturated rings. The van der Waals surface area contributed by atoms with Crippen LogP contribution in [-0.2, 0) is 14.3 Å². The van der Waals surface area contributed by atoms with E-state index >= 15 is 0 Å². The van der Waals surface area contributed by atoms with Crippen molar-refractivity contribution in [2.45, 2.75) is 37.7 Å². The van der Waals surface area contributed by atoms with Gasteiger partial charge in [0, 0.05) is 25.5 Å². The van der Waals surface area contributed by atoms with Gasteiger partial charge < -0.3 is 15.2 Å². The fourth-order valence-corrected chi connectivity index (χ4v) is 2.58. The standard InChI is InChI=1S/C16H20FNO4/c17-13-5-3-11(4-6-13)12(9-16(20)21)8-15(19)18-10-14-2-1-7-22-14/h3-6,12,14H,1-2,7-10H2,(H,18,19)(H,20,21). The minimum Gasteiger partial charge on any atom is -0.481 e. The second kappa shape index (κ2) is 7.89. The summed E-state index contributed by atoms with van der Waals surface area (Å²) in [5.74, 6) is -2.06. The zero-order valence-corrected chi connectivity index (χ0v) is 12.3. The summed E-state index contributed by atoms with van der Waals surface area (Å²) in [6.45, 7) is 1.17. The number of rotatable bonds is 7. The number of nitrogens with one attached hydrogen (secondary N) is 1. The second-order valence-corrected chi connectivity index (χ2v) is 5.49. The van der Waals surface area contributed by atoms with E-state index < -0.39 is 11.9 Å². The molecule has 120 valence electrons. The average molecular weight is 309 g/mol. The van der Waals surface area contributed by atoms with Gasteiger partial charge in [0.25, 0.3) is 0 Å². The first kappa shape index (κ1) is 16.4. The number of hydrogen-bond donors (Lipinski definition) is 2. The van der Waals surface area contributed by atoms with Gasteiger partial charge in [0.2, 0.25) is 5.91 Å². The van der Waals surface area contributed by atoms with E-state index in [1.165, 1.54) is 24.3 Å². The molecule has 2 unspecified atom stereocenters. The Bertz CT molecular complexity index is 511. The van der Waals surface area contributed by atoms with Crippen molar-refractivity contribution in [3.63, 3.8) is 0 Å². The number of benzene rings is 1. The van der Waals surface area contributed by atoms with Crippen LogP contribution in [0.1, 0.15) is 37.2 Å². The SMILES string of the molecule is O=C(O)CC(CC(=O)NCC1CCCO1)c1ccc(F)cc1. The third kappa shape index (κ3) is 5.11. The summed E-state index contributed by atoms with van der Waals surface area (Å²) in [6, 6.07) is 5.59. The van der Waals surface area contributed by atoms with Crippen molar-refractivity contribution in [2.75, 3.05) is 13.2 Å². The van der Waals surface area contributed by atoms with E-state index in [1.807, 2.05) is 0 Å². The molecule has 2 atom stereocenters. The van der Waals surface area contributed by atoms with Gasteiger partial charge in [-0.25, -0.2) is 4.39 Å². The van der Waals surface area contributed by atoms with Gasteiger partial charge in [-0.3, -0.25) is 9.59 Å². The molecule has 1 aromatic carbocycles. The van der Waals surface area contributed by atoms with Crippen LogP contribution in [0.5, 0.6) is 0 Å². The minimum absolute atomic E-state index is 0.0488. The quantitative estimate of drug-likeness (QED) is 0.808. The Labute approximate surface area is 128 Å². The number of carboxylic acid groups (broad SMARTS) is 1. The van der Waals surface area contributed by atoms with E-state index in [0.717, 1.165) is 19.4 Å². The molecule has 22 heavy (non-hydrogen) atoms. The Kier molecular flexibility index (Phi) is 5.89. The van der Waals surface area contributed by atoms with E-state index in [2.05, 4.69) is 5.32 Å². The molecule has 2 N–H and O–H groups in total. The Morgan fingerprint density at radius 1 is 1.32 bits per heavy atom. The monoisotopic (exact) mass is 309 g/mol. The van der Waals surface area contributed by atoms with Gasteiger partial charge in [-0.15, -0.1) is 0 Å². The number of amides is 1. The van der Waals surface area contributed by atoms with E-state index in [9.17, 15) is 14.0 Å². The lowest BCUT2D eigenvalue weighted by atomic mass is 9.92. The summed E-state index contributed by atoms with van der Waals surface area (Å²) in [6.07, 6.45) is 1.87. The van der Waals surface area contributed by atoms with Crippen LogP contribution in [0, 0.1) is 5.82 Å². The lowest BCUT2D eigenvalue weighted by Gasteiger charge is -2.16. The summed E-state index contributed by atoms with van der Waals surface area (Å²) < 4.78 is 18.4. The molecule has 1 saturated heterocycles. The molecule has 1 amide bonds. The van der Waals surface area contributed by atoms with Gasteiger partial charge in [0.1, 0.15) is 5.82 Å². The highest BCUT2D eigenvalue weighted by Gasteiger charge is 2.21. The maximum atomic E-state index is 13.0. The molecule has 0 aromatic heterocycles. The number of carboxylic acids is 1. The first-order valence-electron chi connectivity index (χ1n) is 7.40. The van der Waals surface area contributed by atoms with Gasteiger partial charge in [-0.1, -0.05) is 12.1 Å². The van der Waals surface area contributed by atoms with Crippen molar-refractivity contribution in [3.8, 4) is 0 Å². The molecule has 5 nitrogen and oxygen atoms in total. The van der Waals surface area contributed by atoms with Crippen LogP contribution < -0.4 is 5.32 Å². The third-order valence-electron chi connectivity index (χ3n) is 3.75. The lowest BCUT2D eigenvalue weighted by molar-refractivity contribution is -0.137. The van der Waals surface area contributed by atoms with Crippen LogP contribution in [0.25, 0.3) is 0 Å². The normalized spacial score (nSPS) is 18.9. The molecule has 0 bridgehead atoms. The molecular weight excluding hydrogens is 289 g/mol. The first-order chi connectivity index (χ1) is 10.5. The number of carbonyl (C=O) groups is 2. The minimum atomic E-state index is -0.985. The third-order valence-corrected chi connectivity index (χ3v) is 3.75. The highest BCUT2D eigenvalue weighted by molar-refractivity contribution is 5.78. The van der Waals surface area contributed by atoms with Crippen LogP contribution in [-0.4, -0.2) is 36.2 Å². The van der Waals surface area contributed by atoms with Crippen molar-refractivity contribution in [1.29, 1.82) is 0 Å². The highest BCUT2D eigenvalue weighted by atomic mass is 19.1. The van der Waals surface area contributed by atoms with Crippen LogP contribution in [0.15, 0.2) is 24.3 Å². The van der Waals surface area contributed by atoms with Gasteiger partial charge in [0.15, 0.2) is 0 Å². The Balaban J connectivity index is 1.91. The van der Waals surface area contributed by atoms with E-state index in [-0.39, 0.29) is 30.7 Å². The predicted octanol–water partition coefficient (Wildman–Crippen LogP) is 2.07. The second-order valence-electron chi connectivity index (χ2n) is 5.49. The maximum absolute atomic E-state index is 13.0. The van der Waals surface area contributed by atoms with Crippen LogP contribution in [0.3, 0.4) is 0 Å². The Morgan fingerprint density at radius 3 is 2.64 bits per heavy atom. The van der Waals surface area contributed by atoms with Crippen LogP contribution >= 0.6 is 0 Å². The number of hydrogen-bond acceptors (Lipinski definition) is 3. The fourth-order valence-electron chi connectivity index (χ4n) is 2.58. The summed E-state index contributed by atoms with van der Waals surface area (Å²) in [7, 11) is 0. The van der Waals surface area contributed by atoms with Gasteiger partial charge in [0.05, 0.1) is 12.5 Å². The number of halogens is 1. The molecule has 6 heteroatoms. The molecule has 0 spiro atoms. The Hall–Kier alpha value is -1.95. The smallest absolute Gasteiger partial charge is 0.303 e. The van der Waals surface area contributed by atoms with E-state index in [1.54, 1.807) is 0 Å². The molecule has 1 aliphatic heterocycles. The topological polar surface area (TPSA) is 75.6 Å². The van der Waals surface area contributed by atoms with Crippen molar-refractivity contribution < 1.29 is 23.8 Å². The van der Waals surface area contributed by atoms with Crippen molar-refractivity contribution >= 4 is 11.9 Å². The summed E-state index contributed by atoms with van der Waals surface area (Å²) >= 11 is 0. The van der Waals surface area contributed by atoms with Gasteiger partial charge >= 0.3 is 5.97 Å². The number of ether oxygens (including phenoxy) is 1. The van der Waals surface area contributed by atoms with E-state index in [0.29, 0.717) is 12.1 Å². The van der Waals surface area contributed by atoms with Gasteiger partial charge in [-0.05, 0) is 30.5 Å². The predicted molar refractivity (Wildman–Crippen MR) is 78.0 cm³/mol. The fraction of sp³-hybridized carbons (Fsp3) is 0.500. The molecule has 1 aromatic rings. The first-order valence-corrected chi connectivity index (χ1v) is 7.40. The molecule has 0 aliphatic carbocycles. The van der Waals surface area contributed by atoms with Crippen LogP contribution in [0.2, 0.25) is 0 Å². The maximum Gasteiger partial charge on any atom is 0.303 e. The van der Waals surface area contributed by atoms with Crippen molar-refractivity contribution in [3.05, 3.63) is 35.6 Å². The average Bonchev–Trinajstić information content (AvgIpc) is 2.98. The zero-order valence-electron chi connectivity index (χ0n) is 12.3. The summed E-state index contributed by atoms with van der Waals surface area (Å²) in [5.41, 5.74) is 0.649. The summed E-state index contributed by atoms with van der Waals surface area (Å²) in [4.78, 5) is 23.0. The molecule has 1 aliphatic rings. The largest absolute Gasteiger partial charge is 0.481 e. The van der Waals surface area contributed by atoms with Crippen molar-refractivity contribution in [1.82, 2.24) is 5.32 Å². The molecule has 0 radical (unpaired) electrons. The number of carbonyl (C=O) groups excluding carboxylic acids is 1. The van der Waals surface area contributed by atoms with Crippen LogP contribution in [0.4, 0.5) is 4.39 Å². The molecule has 0 saturated carbocycles. The van der Waals surface area contributed by atoms with Gasteiger partial charge in [-0.2, -0.15) is 0 Å². The zero-order chi connectivity index (χ0) is 15.9. The van der Waals surface area contributed by atoms with E-state index in [4.69, 9.17) is 9.84 Å². The molecule has 1 heterocycles. The Morgan fingerprint density at radius 2 is 2.05 bits per heavy atom. The van der Waals surface area contributed by atoms with Crippen molar-refractivity contribution in [2.24, 2.45) is 0 Å².